The molecule has 0 aliphatic rings. The Morgan fingerprint density at radius 2 is 1.38 bits per heavy atom. The molecular weight excluding hydrogens is 360 g/mol. The maximum absolute atomic E-state index is 10.5. The zero-order valence-corrected chi connectivity index (χ0v) is 14.8. The molecule has 8 heteroatoms. The minimum absolute atomic E-state index is 0.0666. The number of benzene rings is 2. The van der Waals surface area contributed by atoms with E-state index in [9.17, 15) is 13.2 Å². The minimum Gasteiger partial charge on any atom is -0.478 e. The molecule has 0 spiro atoms. The minimum atomic E-state index is -4.02. The molecule has 0 aromatic heterocycles. The Balaban J connectivity index is 0.000000378. The van der Waals surface area contributed by atoms with Crippen molar-refractivity contribution in [3.05, 3.63) is 65.7 Å². The number of aliphatic hydroxyl groups is 2. The van der Waals surface area contributed by atoms with Gasteiger partial charge >= 0.3 is 5.97 Å². The van der Waals surface area contributed by atoms with E-state index in [4.69, 9.17) is 19.9 Å². The molecule has 0 saturated carbocycles. The second-order valence-electron chi connectivity index (χ2n) is 4.63. The summed E-state index contributed by atoms with van der Waals surface area (Å²) in [5.41, 5.74) is 1.29. The van der Waals surface area contributed by atoms with Gasteiger partial charge in [0.25, 0.3) is 10.1 Å². The third kappa shape index (κ3) is 11.0. The number of aryl methyl sites for hydroxylation is 1. The zero-order chi connectivity index (χ0) is 20.0. The van der Waals surface area contributed by atoms with Crippen molar-refractivity contribution < 1.29 is 33.1 Å². The second-order valence-corrected chi connectivity index (χ2v) is 6.05. The molecule has 0 atom stereocenters. The maximum atomic E-state index is 10.5. The van der Waals surface area contributed by atoms with Crippen molar-refractivity contribution in [3.8, 4) is 11.8 Å². The average Bonchev–Trinajstić information content (AvgIpc) is 2.61. The van der Waals surface area contributed by atoms with Crippen LogP contribution in [0, 0.1) is 18.8 Å². The highest BCUT2D eigenvalue weighted by molar-refractivity contribution is 7.85. The first kappa shape index (κ1) is 23.3. The second kappa shape index (κ2) is 12.6. The first-order valence-corrected chi connectivity index (χ1v) is 8.66. The van der Waals surface area contributed by atoms with E-state index in [-0.39, 0.29) is 18.1 Å². The Kier molecular flexibility index (Phi) is 11.3. The van der Waals surface area contributed by atoms with Gasteiger partial charge in [0.2, 0.25) is 0 Å². The summed E-state index contributed by atoms with van der Waals surface area (Å²) in [6.07, 6.45) is 0. The normalized spacial score (nSPS) is 9.38. The molecule has 140 valence electrons. The molecule has 0 fully saturated rings. The van der Waals surface area contributed by atoms with E-state index < -0.39 is 16.1 Å². The Labute approximate surface area is 152 Å². The molecule has 0 bridgehead atoms. The van der Waals surface area contributed by atoms with Crippen molar-refractivity contribution in [1.82, 2.24) is 0 Å². The van der Waals surface area contributed by atoms with Crippen LogP contribution in [-0.2, 0) is 10.1 Å². The fourth-order valence-corrected chi connectivity index (χ4v) is 1.88. The first-order chi connectivity index (χ1) is 12.2. The van der Waals surface area contributed by atoms with Gasteiger partial charge in [0, 0.05) is 0 Å². The number of hydrogen-bond acceptors (Lipinski definition) is 5. The van der Waals surface area contributed by atoms with Crippen molar-refractivity contribution in [2.24, 2.45) is 0 Å². The Morgan fingerprint density at radius 3 is 1.69 bits per heavy atom. The molecule has 2 aromatic rings. The van der Waals surface area contributed by atoms with Crippen LogP contribution < -0.4 is 0 Å². The highest BCUT2D eigenvalue weighted by Crippen LogP contribution is 2.08. The number of carboxylic acid groups (broad SMARTS) is 1. The summed E-state index contributed by atoms with van der Waals surface area (Å²) in [6, 6.07) is 14.3. The molecule has 0 heterocycles. The number of carboxylic acids is 1. The van der Waals surface area contributed by atoms with E-state index in [0.29, 0.717) is 5.56 Å². The van der Waals surface area contributed by atoms with Gasteiger partial charge in [0.05, 0.1) is 10.5 Å². The van der Waals surface area contributed by atoms with E-state index in [0.717, 1.165) is 5.56 Å². The van der Waals surface area contributed by atoms with Gasteiger partial charge in [0.15, 0.2) is 0 Å². The van der Waals surface area contributed by atoms with Gasteiger partial charge in [-0.15, -0.1) is 0 Å². The molecule has 0 aliphatic heterocycles. The Bertz CT molecular complexity index is 809. The molecule has 0 radical (unpaired) electrons. The van der Waals surface area contributed by atoms with E-state index >= 15 is 0 Å². The number of carbonyl (C=O) groups is 1. The van der Waals surface area contributed by atoms with Crippen LogP contribution >= 0.6 is 0 Å². The van der Waals surface area contributed by atoms with Gasteiger partial charge in [-0.2, -0.15) is 8.42 Å². The lowest BCUT2D eigenvalue weighted by atomic mass is 10.2. The fourth-order valence-electron chi connectivity index (χ4n) is 1.40. The third-order valence-electron chi connectivity index (χ3n) is 2.62. The van der Waals surface area contributed by atoms with E-state index in [1.54, 1.807) is 42.5 Å². The van der Waals surface area contributed by atoms with Gasteiger partial charge < -0.3 is 15.3 Å². The number of rotatable bonds is 2. The van der Waals surface area contributed by atoms with E-state index in [1.165, 1.54) is 12.1 Å². The maximum Gasteiger partial charge on any atom is 0.335 e. The van der Waals surface area contributed by atoms with E-state index in [1.807, 2.05) is 6.92 Å². The van der Waals surface area contributed by atoms with Crippen LogP contribution in [0.15, 0.2) is 59.5 Å². The van der Waals surface area contributed by atoms with Crippen molar-refractivity contribution in [2.75, 3.05) is 13.2 Å². The van der Waals surface area contributed by atoms with Crippen LogP contribution in [0.3, 0.4) is 0 Å². The quantitative estimate of drug-likeness (QED) is 0.459. The molecule has 2 aromatic carbocycles. The van der Waals surface area contributed by atoms with Crippen molar-refractivity contribution in [2.45, 2.75) is 11.8 Å². The van der Waals surface area contributed by atoms with Crippen LogP contribution in [-0.4, -0.2) is 47.5 Å². The summed E-state index contributed by atoms with van der Waals surface area (Å²) < 4.78 is 29.6. The van der Waals surface area contributed by atoms with E-state index in [2.05, 4.69) is 11.8 Å². The van der Waals surface area contributed by atoms with Crippen LogP contribution in [0.25, 0.3) is 0 Å². The SMILES string of the molecule is Cc1ccc(S(=O)(=O)O)cc1.O=C(O)c1ccccc1.OCC#CCO. The smallest absolute Gasteiger partial charge is 0.335 e. The predicted molar refractivity (Wildman–Crippen MR) is 96.3 cm³/mol. The Hall–Kier alpha value is -2.70. The molecule has 7 nitrogen and oxygen atoms in total. The highest BCUT2D eigenvalue weighted by atomic mass is 32.2. The van der Waals surface area contributed by atoms with Gasteiger partial charge in [-0.25, -0.2) is 4.79 Å². The average molecular weight is 380 g/mol. The molecule has 2 rings (SSSR count). The molecule has 0 amide bonds. The summed E-state index contributed by atoms with van der Waals surface area (Å²) in [6.45, 7) is 1.51. The number of aromatic carboxylic acids is 1. The lowest BCUT2D eigenvalue weighted by Crippen LogP contribution is -1.96. The zero-order valence-electron chi connectivity index (χ0n) is 14.0. The first-order valence-electron chi connectivity index (χ1n) is 7.22. The monoisotopic (exact) mass is 380 g/mol. The molecular formula is C18H20O7S. The molecule has 26 heavy (non-hydrogen) atoms. The van der Waals surface area contributed by atoms with Gasteiger partial charge in [0.1, 0.15) is 13.2 Å². The summed E-state index contributed by atoms with van der Waals surface area (Å²) in [5.74, 6) is 3.63. The molecule has 4 N–H and O–H groups in total. The van der Waals surface area contributed by atoms with Gasteiger partial charge in [-0.05, 0) is 31.2 Å². The van der Waals surface area contributed by atoms with Crippen LogP contribution in [0.2, 0.25) is 0 Å². The topological polar surface area (TPSA) is 132 Å². The molecule has 0 aliphatic carbocycles. The van der Waals surface area contributed by atoms with Crippen LogP contribution in [0.1, 0.15) is 15.9 Å². The largest absolute Gasteiger partial charge is 0.478 e. The third-order valence-corrected chi connectivity index (χ3v) is 3.49. The molecule has 0 saturated heterocycles. The summed E-state index contributed by atoms with van der Waals surface area (Å²) in [5, 5.41) is 24.2. The van der Waals surface area contributed by atoms with Gasteiger partial charge in [-0.1, -0.05) is 47.7 Å². The van der Waals surface area contributed by atoms with Crippen molar-refractivity contribution >= 4 is 16.1 Å². The summed E-state index contributed by atoms with van der Waals surface area (Å²) >= 11 is 0. The number of hydrogen-bond donors (Lipinski definition) is 4. The van der Waals surface area contributed by atoms with Crippen LogP contribution in [0.4, 0.5) is 0 Å². The summed E-state index contributed by atoms with van der Waals surface area (Å²) in [4.78, 5) is 10.1. The standard InChI is InChI=1S/C7H8O3S.C7H6O2.C4H6O2/c1-6-2-4-7(5-3-6)11(8,9)10;8-7(9)6-4-2-1-3-5-6;5-3-1-2-4-6/h2-5H,1H3,(H,8,9,10);1-5H,(H,8,9);5-6H,3-4H2. The van der Waals surface area contributed by atoms with Crippen molar-refractivity contribution in [1.29, 1.82) is 0 Å². The predicted octanol–water partition coefficient (Wildman–Crippen LogP) is 1.60. The van der Waals surface area contributed by atoms with Crippen molar-refractivity contribution in [3.63, 3.8) is 0 Å². The fraction of sp³-hybridized carbons (Fsp3) is 0.167. The van der Waals surface area contributed by atoms with Crippen LogP contribution in [0.5, 0.6) is 0 Å². The number of aliphatic hydroxyl groups excluding tert-OH is 2. The highest BCUT2D eigenvalue weighted by Gasteiger charge is 2.06. The van der Waals surface area contributed by atoms with Gasteiger partial charge in [-0.3, -0.25) is 4.55 Å². The summed E-state index contributed by atoms with van der Waals surface area (Å²) in [7, 11) is -4.02. The lowest BCUT2D eigenvalue weighted by Gasteiger charge is -1.95. The molecule has 0 unspecified atom stereocenters. The Morgan fingerprint density at radius 1 is 0.923 bits per heavy atom. The lowest BCUT2D eigenvalue weighted by molar-refractivity contribution is 0.0697.